The maximum absolute atomic E-state index is 12.0. The van der Waals surface area contributed by atoms with Gasteiger partial charge in [-0.3, -0.25) is 4.79 Å². The van der Waals surface area contributed by atoms with E-state index < -0.39 is 12.8 Å². The molecule has 8 heteroatoms. The van der Waals surface area contributed by atoms with Crippen molar-refractivity contribution in [1.82, 2.24) is 5.32 Å². The van der Waals surface area contributed by atoms with E-state index in [1.54, 1.807) is 36.4 Å². The molecule has 2 aromatic carbocycles. The molecule has 2 aromatic rings. The van der Waals surface area contributed by atoms with Gasteiger partial charge in [0.1, 0.15) is 6.61 Å². The van der Waals surface area contributed by atoms with Crippen molar-refractivity contribution in [2.45, 2.75) is 32.2 Å². The molecule has 146 valence electrons. The number of hydrogen-bond donors (Lipinski definition) is 1. The first-order chi connectivity index (χ1) is 12.7. The second kappa shape index (κ2) is 9.97. The Morgan fingerprint density at radius 3 is 2.37 bits per heavy atom. The molecule has 0 spiro atoms. The number of nitrogens with one attached hydrogen (secondary N) is 1. The lowest BCUT2D eigenvalue weighted by atomic mass is 10.1. The Labute approximate surface area is 165 Å². The van der Waals surface area contributed by atoms with Gasteiger partial charge in [0.25, 0.3) is 0 Å². The van der Waals surface area contributed by atoms with E-state index in [-0.39, 0.29) is 18.9 Å². The van der Waals surface area contributed by atoms with E-state index in [0.29, 0.717) is 28.6 Å². The van der Waals surface area contributed by atoms with Crippen LogP contribution < -0.4 is 5.32 Å². The molecule has 0 heterocycles. The quantitative estimate of drug-likeness (QED) is 0.628. The molecule has 0 atom stereocenters. The molecule has 0 unspecified atom stereocenters. The number of halogens is 5. The van der Waals surface area contributed by atoms with Crippen molar-refractivity contribution < 1.29 is 22.7 Å². The summed E-state index contributed by atoms with van der Waals surface area (Å²) in [4.78, 5) is 12.0. The zero-order valence-corrected chi connectivity index (χ0v) is 15.8. The van der Waals surface area contributed by atoms with Gasteiger partial charge in [-0.05, 0) is 29.2 Å². The molecular weight excluding hydrogens is 402 g/mol. The highest BCUT2D eigenvalue weighted by atomic mass is 35.5. The maximum Gasteiger partial charge on any atom is 0.411 e. The standard InChI is InChI=1S/C19H18Cl2F3NO2/c20-16-3-1-2-15(18(16)21)8-9-17(26)25-10-13-4-6-14(7-5-13)11-27-12-19(22,23)24/h1-7H,8-12H2,(H,25,26). The molecule has 0 aliphatic carbocycles. The summed E-state index contributed by atoms with van der Waals surface area (Å²) in [5.41, 5.74) is 2.27. The number of aryl methyl sites for hydroxylation is 1. The van der Waals surface area contributed by atoms with Crippen LogP contribution in [0.5, 0.6) is 0 Å². The molecule has 1 N–H and O–H groups in total. The summed E-state index contributed by atoms with van der Waals surface area (Å²) in [6.07, 6.45) is -3.59. The predicted octanol–water partition coefficient (Wildman–Crippen LogP) is 5.32. The predicted molar refractivity (Wildman–Crippen MR) is 98.8 cm³/mol. The van der Waals surface area contributed by atoms with Gasteiger partial charge >= 0.3 is 6.18 Å². The van der Waals surface area contributed by atoms with E-state index in [9.17, 15) is 18.0 Å². The minimum Gasteiger partial charge on any atom is -0.367 e. The van der Waals surface area contributed by atoms with E-state index in [4.69, 9.17) is 23.2 Å². The van der Waals surface area contributed by atoms with Crippen LogP contribution in [0.2, 0.25) is 10.0 Å². The summed E-state index contributed by atoms with van der Waals surface area (Å²) in [6.45, 7) is -1.07. The molecule has 0 saturated heterocycles. The third kappa shape index (κ3) is 7.79. The van der Waals surface area contributed by atoms with Crippen LogP contribution in [0.15, 0.2) is 42.5 Å². The fraction of sp³-hybridized carbons (Fsp3) is 0.316. The van der Waals surface area contributed by atoms with Crippen molar-refractivity contribution in [3.8, 4) is 0 Å². The van der Waals surface area contributed by atoms with E-state index >= 15 is 0 Å². The Morgan fingerprint density at radius 1 is 1.04 bits per heavy atom. The molecule has 2 rings (SSSR count). The molecule has 0 aromatic heterocycles. The van der Waals surface area contributed by atoms with Crippen molar-refractivity contribution in [1.29, 1.82) is 0 Å². The van der Waals surface area contributed by atoms with Crippen LogP contribution >= 0.6 is 23.2 Å². The summed E-state index contributed by atoms with van der Waals surface area (Å²) < 4.78 is 40.7. The zero-order chi connectivity index (χ0) is 19.9. The van der Waals surface area contributed by atoms with Gasteiger partial charge in [-0.1, -0.05) is 59.6 Å². The molecular formula is C19H18Cl2F3NO2. The molecule has 0 bridgehead atoms. The van der Waals surface area contributed by atoms with Crippen LogP contribution in [0.3, 0.4) is 0 Å². The number of alkyl halides is 3. The van der Waals surface area contributed by atoms with E-state index in [1.165, 1.54) is 0 Å². The highest BCUT2D eigenvalue weighted by Crippen LogP contribution is 2.26. The Kier molecular flexibility index (Phi) is 7.95. The molecule has 0 radical (unpaired) electrons. The van der Waals surface area contributed by atoms with Gasteiger partial charge in [-0.2, -0.15) is 13.2 Å². The minimum atomic E-state index is -4.33. The molecule has 1 amide bonds. The van der Waals surface area contributed by atoms with Crippen molar-refractivity contribution in [3.63, 3.8) is 0 Å². The highest BCUT2D eigenvalue weighted by molar-refractivity contribution is 6.42. The van der Waals surface area contributed by atoms with Gasteiger partial charge < -0.3 is 10.1 Å². The fourth-order valence-electron chi connectivity index (χ4n) is 2.32. The van der Waals surface area contributed by atoms with Crippen LogP contribution in [-0.4, -0.2) is 18.7 Å². The number of carbonyl (C=O) groups excluding carboxylic acids is 1. The first kappa shape index (κ1) is 21.5. The summed E-state index contributed by atoms with van der Waals surface area (Å²) in [6, 6.07) is 12.1. The minimum absolute atomic E-state index is 0.119. The largest absolute Gasteiger partial charge is 0.411 e. The van der Waals surface area contributed by atoms with Crippen molar-refractivity contribution >= 4 is 29.1 Å². The highest BCUT2D eigenvalue weighted by Gasteiger charge is 2.27. The number of rotatable bonds is 8. The molecule has 3 nitrogen and oxygen atoms in total. The normalized spacial score (nSPS) is 11.4. The van der Waals surface area contributed by atoms with Gasteiger partial charge in [-0.25, -0.2) is 0 Å². The van der Waals surface area contributed by atoms with Crippen LogP contribution in [-0.2, 0) is 29.1 Å². The maximum atomic E-state index is 12.0. The Morgan fingerprint density at radius 2 is 1.70 bits per heavy atom. The fourth-order valence-corrected chi connectivity index (χ4v) is 2.73. The van der Waals surface area contributed by atoms with Gasteiger partial charge in [0.15, 0.2) is 0 Å². The van der Waals surface area contributed by atoms with Crippen molar-refractivity contribution in [2.24, 2.45) is 0 Å². The lowest BCUT2D eigenvalue weighted by Gasteiger charge is -2.09. The Hall–Kier alpha value is -1.76. The van der Waals surface area contributed by atoms with Gasteiger partial charge in [0.05, 0.1) is 16.7 Å². The second-order valence-corrected chi connectivity index (χ2v) is 6.70. The van der Waals surface area contributed by atoms with Gasteiger partial charge in [-0.15, -0.1) is 0 Å². The monoisotopic (exact) mass is 419 g/mol. The summed E-state index contributed by atoms with van der Waals surface area (Å²) >= 11 is 12.0. The first-order valence-corrected chi connectivity index (χ1v) is 8.92. The lowest BCUT2D eigenvalue weighted by molar-refractivity contribution is -0.176. The number of amides is 1. The number of benzene rings is 2. The van der Waals surface area contributed by atoms with Crippen molar-refractivity contribution in [2.75, 3.05) is 6.61 Å². The average molecular weight is 420 g/mol. The molecule has 0 aliphatic rings. The Bertz CT molecular complexity index is 765. The molecule has 0 aliphatic heterocycles. The van der Waals surface area contributed by atoms with E-state index in [2.05, 4.69) is 10.1 Å². The Balaban J connectivity index is 1.74. The topological polar surface area (TPSA) is 38.3 Å². The summed E-state index contributed by atoms with van der Waals surface area (Å²) in [5.74, 6) is -0.136. The smallest absolute Gasteiger partial charge is 0.367 e. The zero-order valence-electron chi connectivity index (χ0n) is 14.3. The average Bonchev–Trinajstić information content (AvgIpc) is 2.61. The number of carbonyl (C=O) groups is 1. The third-order valence-electron chi connectivity index (χ3n) is 3.70. The first-order valence-electron chi connectivity index (χ1n) is 8.16. The summed E-state index contributed by atoms with van der Waals surface area (Å²) in [5, 5.41) is 3.70. The van der Waals surface area contributed by atoms with Crippen LogP contribution in [0, 0.1) is 0 Å². The SMILES string of the molecule is O=C(CCc1cccc(Cl)c1Cl)NCc1ccc(COCC(F)(F)F)cc1. The van der Waals surface area contributed by atoms with Crippen LogP contribution in [0.25, 0.3) is 0 Å². The second-order valence-electron chi connectivity index (χ2n) is 5.91. The lowest BCUT2D eigenvalue weighted by Crippen LogP contribution is -2.23. The molecule has 27 heavy (non-hydrogen) atoms. The van der Waals surface area contributed by atoms with E-state index in [1.807, 2.05) is 6.07 Å². The van der Waals surface area contributed by atoms with Gasteiger partial charge in [0, 0.05) is 13.0 Å². The summed E-state index contributed by atoms with van der Waals surface area (Å²) in [7, 11) is 0. The van der Waals surface area contributed by atoms with E-state index in [0.717, 1.165) is 11.1 Å². The third-order valence-corrected chi connectivity index (χ3v) is 4.56. The number of ether oxygens (including phenoxy) is 1. The van der Waals surface area contributed by atoms with Crippen molar-refractivity contribution in [3.05, 3.63) is 69.2 Å². The molecule has 0 saturated carbocycles. The van der Waals surface area contributed by atoms with Gasteiger partial charge in [0.2, 0.25) is 5.91 Å². The van der Waals surface area contributed by atoms with Crippen LogP contribution in [0.1, 0.15) is 23.1 Å². The number of hydrogen-bond acceptors (Lipinski definition) is 2. The molecule has 0 fully saturated rings. The van der Waals surface area contributed by atoms with Crippen LogP contribution in [0.4, 0.5) is 13.2 Å².